The van der Waals surface area contributed by atoms with E-state index >= 15 is 0 Å². The molecule has 0 aliphatic heterocycles. The SMILES string of the molecule is O=C(NC1(CCl)CCCC1)c1cc2c(s1)CCCCC2. The summed E-state index contributed by atoms with van der Waals surface area (Å²) in [6.45, 7) is 0. The maximum Gasteiger partial charge on any atom is 0.261 e. The smallest absolute Gasteiger partial charge is 0.261 e. The van der Waals surface area contributed by atoms with E-state index in [-0.39, 0.29) is 11.4 Å². The van der Waals surface area contributed by atoms with Crippen molar-refractivity contribution >= 4 is 28.8 Å². The van der Waals surface area contributed by atoms with Gasteiger partial charge in [-0.15, -0.1) is 22.9 Å². The molecule has 1 aromatic rings. The highest BCUT2D eigenvalue weighted by molar-refractivity contribution is 7.14. The number of alkyl halides is 1. The van der Waals surface area contributed by atoms with Crippen LogP contribution in [0.1, 0.15) is 65.1 Å². The zero-order chi connectivity index (χ0) is 14.0. The van der Waals surface area contributed by atoms with Gasteiger partial charge in [-0.3, -0.25) is 4.79 Å². The minimum absolute atomic E-state index is 0.0885. The number of nitrogens with one attached hydrogen (secondary N) is 1. The van der Waals surface area contributed by atoms with Gasteiger partial charge in [-0.05, 0) is 50.2 Å². The van der Waals surface area contributed by atoms with Crippen LogP contribution >= 0.6 is 22.9 Å². The monoisotopic (exact) mass is 311 g/mol. The van der Waals surface area contributed by atoms with Gasteiger partial charge in [0, 0.05) is 10.8 Å². The van der Waals surface area contributed by atoms with Gasteiger partial charge in [0.2, 0.25) is 0 Å². The van der Waals surface area contributed by atoms with E-state index < -0.39 is 0 Å². The van der Waals surface area contributed by atoms with E-state index in [1.165, 1.54) is 42.5 Å². The molecular formula is C16H22ClNOS. The molecule has 1 saturated carbocycles. The number of thiophene rings is 1. The van der Waals surface area contributed by atoms with Crippen LogP contribution in [0.25, 0.3) is 0 Å². The molecule has 0 bridgehead atoms. The van der Waals surface area contributed by atoms with Gasteiger partial charge in [0.15, 0.2) is 0 Å². The Hall–Kier alpha value is -0.540. The van der Waals surface area contributed by atoms with Gasteiger partial charge in [0.25, 0.3) is 5.91 Å². The van der Waals surface area contributed by atoms with E-state index in [0.717, 1.165) is 30.6 Å². The molecule has 0 atom stereocenters. The summed E-state index contributed by atoms with van der Waals surface area (Å²) in [5.74, 6) is 0.620. The van der Waals surface area contributed by atoms with E-state index in [2.05, 4.69) is 11.4 Å². The van der Waals surface area contributed by atoms with Crippen LogP contribution in [0.4, 0.5) is 0 Å². The summed E-state index contributed by atoms with van der Waals surface area (Å²) in [5.41, 5.74) is 1.25. The zero-order valence-electron chi connectivity index (χ0n) is 11.8. The summed E-state index contributed by atoms with van der Waals surface area (Å²) in [5, 5.41) is 3.22. The normalized spacial score (nSPS) is 21.2. The quantitative estimate of drug-likeness (QED) is 0.654. The highest BCUT2D eigenvalue weighted by Gasteiger charge is 2.35. The molecule has 0 radical (unpaired) electrons. The largest absolute Gasteiger partial charge is 0.345 e. The summed E-state index contributed by atoms with van der Waals surface area (Å²) in [6.07, 6.45) is 10.5. The van der Waals surface area contributed by atoms with Crippen molar-refractivity contribution in [3.05, 3.63) is 21.4 Å². The van der Waals surface area contributed by atoms with Crippen LogP contribution in [-0.2, 0) is 12.8 Å². The Labute approximate surface area is 129 Å². The second kappa shape index (κ2) is 6.07. The molecule has 20 heavy (non-hydrogen) atoms. The average molecular weight is 312 g/mol. The standard InChI is InChI=1S/C16H22ClNOS/c17-11-16(8-4-5-9-16)18-15(19)14-10-12-6-2-1-3-7-13(12)20-14/h10H,1-9,11H2,(H,18,19). The summed E-state index contributed by atoms with van der Waals surface area (Å²) in [7, 11) is 0. The Balaban J connectivity index is 1.74. The topological polar surface area (TPSA) is 29.1 Å². The molecule has 1 heterocycles. The number of hydrogen-bond acceptors (Lipinski definition) is 2. The van der Waals surface area contributed by atoms with Gasteiger partial charge in [-0.2, -0.15) is 0 Å². The van der Waals surface area contributed by atoms with Crippen LogP contribution in [0.3, 0.4) is 0 Å². The molecule has 1 N–H and O–H groups in total. The summed E-state index contributed by atoms with van der Waals surface area (Å²) in [4.78, 5) is 14.8. The van der Waals surface area contributed by atoms with E-state index in [4.69, 9.17) is 11.6 Å². The maximum atomic E-state index is 12.5. The number of fused-ring (bicyclic) bond motifs is 1. The molecule has 110 valence electrons. The molecule has 1 fully saturated rings. The fraction of sp³-hybridized carbons (Fsp3) is 0.688. The summed E-state index contributed by atoms with van der Waals surface area (Å²) < 4.78 is 0. The van der Waals surface area contributed by atoms with Crippen molar-refractivity contribution in [1.82, 2.24) is 5.32 Å². The molecule has 4 heteroatoms. The van der Waals surface area contributed by atoms with Crippen molar-refractivity contribution in [3.63, 3.8) is 0 Å². The number of hydrogen-bond donors (Lipinski definition) is 1. The molecule has 1 aromatic heterocycles. The lowest BCUT2D eigenvalue weighted by molar-refractivity contribution is 0.0913. The number of amides is 1. The van der Waals surface area contributed by atoms with Crippen molar-refractivity contribution in [2.24, 2.45) is 0 Å². The van der Waals surface area contributed by atoms with E-state index in [0.29, 0.717) is 5.88 Å². The second-order valence-electron chi connectivity index (χ2n) is 6.19. The molecular weight excluding hydrogens is 290 g/mol. The highest BCUT2D eigenvalue weighted by Crippen LogP contribution is 2.33. The second-order valence-corrected chi connectivity index (χ2v) is 7.60. The summed E-state index contributed by atoms with van der Waals surface area (Å²) in [6, 6.07) is 2.12. The van der Waals surface area contributed by atoms with Gasteiger partial charge in [0.1, 0.15) is 0 Å². The Bertz CT molecular complexity index is 467. The van der Waals surface area contributed by atoms with E-state index in [1.54, 1.807) is 11.3 Å². The van der Waals surface area contributed by atoms with Crippen molar-refractivity contribution < 1.29 is 4.79 Å². The van der Waals surface area contributed by atoms with Crippen molar-refractivity contribution in [3.8, 4) is 0 Å². The third-order valence-electron chi connectivity index (χ3n) is 4.67. The third-order valence-corrected chi connectivity index (χ3v) is 6.41. The van der Waals surface area contributed by atoms with Crippen molar-refractivity contribution in [2.45, 2.75) is 63.3 Å². The first-order chi connectivity index (χ1) is 9.72. The Morgan fingerprint density at radius 2 is 1.95 bits per heavy atom. The molecule has 3 rings (SSSR count). The number of rotatable bonds is 3. The molecule has 1 amide bonds. The van der Waals surface area contributed by atoms with Crippen LogP contribution in [0, 0.1) is 0 Å². The van der Waals surface area contributed by atoms with Crippen LogP contribution < -0.4 is 5.32 Å². The first-order valence-corrected chi connectivity index (χ1v) is 9.08. The lowest BCUT2D eigenvalue weighted by atomic mass is 10.0. The summed E-state index contributed by atoms with van der Waals surface area (Å²) >= 11 is 7.80. The highest BCUT2D eigenvalue weighted by atomic mass is 35.5. The first-order valence-electron chi connectivity index (χ1n) is 7.72. The molecule has 0 spiro atoms. The van der Waals surface area contributed by atoms with Crippen LogP contribution in [0.5, 0.6) is 0 Å². The predicted octanol–water partition coefficient (Wildman–Crippen LogP) is 4.30. The molecule has 2 nitrogen and oxygen atoms in total. The van der Waals surface area contributed by atoms with E-state index in [1.807, 2.05) is 0 Å². The van der Waals surface area contributed by atoms with Crippen molar-refractivity contribution in [1.29, 1.82) is 0 Å². The molecule has 0 unspecified atom stereocenters. The average Bonchev–Trinajstić information content (AvgIpc) is 3.02. The lowest BCUT2D eigenvalue weighted by Gasteiger charge is -2.27. The minimum Gasteiger partial charge on any atom is -0.345 e. The van der Waals surface area contributed by atoms with Gasteiger partial charge in [-0.25, -0.2) is 0 Å². The van der Waals surface area contributed by atoms with Crippen LogP contribution in [-0.4, -0.2) is 17.3 Å². The fourth-order valence-electron chi connectivity index (χ4n) is 3.43. The number of carbonyl (C=O) groups excluding carboxylic acids is 1. The van der Waals surface area contributed by atoms with Gasteiger partial charge in [0.05, 0.1) is 10.4 Å². The minimum atomic E-state index is -0.153. The first kappa shape index (κ1) is 14.4. The molecule has 2 aliphatic rings. The molecule has 0 aromatic carbocycles. The fourth-order valence-corrected chi connectivity index (χ4v) is 4.91. The Morgan fingerprint density at radius 3 is 2.70 bits per heavy atom. The molecule has 0 saturated heterocycles. The third kappa shape index (κ3) is 2.89. The Morgan fingerprint density at radius 1 is 1.20 bits per heavy atom. The van der Waals surface area contributed by atoms with E-state index in [9.17, 15) is 4.79 Å². The zero-order valence-corrected chi connectivity index (χ0v) is 13.4. The predicted molar refractivity (Wildman–Crippen MR) is 85.0 cm³/mol. The number of halogens is 1. The van der Waals surface area contributed by atoms with Crippen LogP contribution in [0.15, 0.2) is 6.07 Å². The maximum absolute atomic E-state index is 12.5. The van der Waals surface area contributed by atoms with Gasteiger partial charge in [-0.1, -0.05) is 19.3 Å². The number of carbonyl (C=O) groups is 1. The Kier molecular flexibility index (Phi) is 4.37. The van der Waals surface area contributed by atoms with Crippen molar-refractivity contribution in [2.75, 3.05) is 5.88 Å². The number of aryl methyl sites for hydroxylation is 2. The van der Waals surface area contributed by atoms with Crippen LogP contribution in [0.2, 0.25) is 0 Å². The van der Waals surface area contributed by atoms with Gasteiger partial charge < -0.3 is 5.32 Å². The lowest BCUT2D eigenvalue weighted by Crippen LogP contribution is -2.47. The molecule has 2 aliphatic carbocycles. The van der Waals surface area contributed by atoms with Gasteiger partial charge >= 0.3 is 0 Å².